The van der Waals surface area contributed by atoms with Crippen LogP contribution in [0.3, 0.4) is 0 Å². The van der Waals surface area contributed by atoms with E-state index in [9.17, 15) is 8.42 Å². The molecule has 0 atom stereocenters. The Morgan fingerprint density at radius 3 is 2.27 bits per heavy atom. The van der Waals surface area contributed by atoms with E-state index >= 15 is 0 Å². The number of nitrogens with one attached hydrogen (secondary N) is 2. The lowest BCUT2D eigenvalue weighted by atomic mass is 10.0. The summed E-state index contributed by atoms with van der Waals surface area (Å²) in [6, 6.07) is 24.0. The van der Waals surface area contributed by atoms with E-state index in [-0.39, 0.29) is 11.6 Å². The van der Waals surface area contributed by atoms with Gasteiger partial charge in [-0.05, 0) is 53.1 Å². The van der Waals surface area contributed by atoms with Gasteiger partial charge >= 0.3 is 0 Å². The molecular weight excluding hydrogens is 398 g/mol. The molecule has 1 heterocycles. The standard InChI is InChI=1S/C23H19N3O3S/c1-29-21-10-11-22-20(12-21)13-23(26-22)30(27,28)25-15-17-4-8-19(9-5-17)18-6-2-16(14-24)3-7-18/h2-13,25-26H,15H2,1H3. The number of aromatic nitrogens is 1. The van der Waals surface area contributed by atoms with Crippen LogP contribution in [0.1, 0.15) is 11.1 Å². The van der Waals surface area contributed by atoms with Crippen LogP contribution in [0.5, 0.6) is 5.75 Å². The van der Waals surface area contributed by atoms with E-state index in [0.29, 0.717) is 11.3 Å². The fourth-order valence-corrected chi connectivity index (χ4v) is 4.20. The van der Waals surface area contributed by atoms with Crippen molar-refractivity contribution < 1.29 is 13.2 Å². The van der Waals surface area contributed by atoms with Gasteiger partial charge in [0.2, 0.25) is 0 Å². The van der Waals surface area contributed by atoms with Gasteiger partial charge in [0.05, 0.1) is 18.7 Å². The molecule has 0 aliphatic rings. The minimum Gasteiger partial charge on any atom is -0.497 e. The molecule has 2 N–H and O–H groups in total. The van der Waals surface area contributed by atoms with Crippen molar-refractivity contribution >= 4 is 20.9 Å². The Morgan fingerprint density at radius 1 is 0.967 bits per heavy atom. The minimum atomic E-state index is -3.69. The summed E-state index contributed by atoms with van der Waals surface area (Å²) in [5.41, 5.74) is 4.17. The Bertz CT molecular complexity index is 1330. The fraction of sp³-hybridized carbons (Fsp3) is 0.0870. The molecule has 0 radical (unpaired) electrons. The molecule has 0 unspecified atom stereocenters. The highest BCUT2D eigenvalue weighted by atomic mass is 32.2. The zero-order valence-corrected chi connectivity index (χ0v) is 17.0. The third kappa shape index (κ3) is 4.06. The van der Waals surface area contributed by atoms with E-state index in [1.807, 2.05) is 36.4 Å². The molecule has 0 bridgehead atoms. The van der Waals surface area contributed by atoms with E-state index in [1.54, 1.807) is 43.5 Å². The van der Waals surface area contributed by atoms with Gasteiger partial charge in [0.15, 0.2) is 0 Å². The van der Waals surface area contributed by atoms with Crippen LogP contribution < -0.4 is 9.46 Å². The molecule has 7 heteroatoms. The largest absolute Gasteiger partial charge is 0.497 e. The van der Waals surface area contributed by atoms with Gasteiger partial charge in [-0.1, -0.05) is 36.4 Å². The average molecular weight is 417 g/mol. The molecule has 0 saturated carbocycles. The molecule has 3 aromatic carbocycles. The number of ether oxygens (including phenoxy) is 1. The van der Waals surface area contributed by atoms with Gasteiger partial charge in [0.25, 0.3) is 10.0 Å². The first-order chi connectivity index (χ1) is 14.5. The lowest BCUT2D eigenvalue weighted by molar-refractivity contribution is 0.415. The van der Waals surface area contributed by atoms with Crippen LogP contribution in [0.25, 0.3) is 22.0 Å². The Morgan fingerprint density at radius 2 is 1.63 bits per heavy atom. The first-order valence-corrected chi connectivity index (χ1v) is 10.7. The number of hydrogen-bond acceptors (Lipinski definition) is 4. The molecule has 0 spiro atoms. The predicted octanol–water partition coefficient (Wildman–Crippen LogP) is 4.19. The third-order valence-corrected chi connectivity index (χ3v) is 6.18. The SMILES string of the molecule is COc1ccc2[nH]c(S(=O)(=O)NCc3ccc(-c4ccc(C#N)cc4)cc3)cc2c1. The second-order valence-electron chi connectivity index (χ2n) is 6.80. The van der Waals surface area contributed by atoms with Crippen molar-refractivity contribution in [1.82, 2.24) is 9.71 Å². The number of benzene rings is 3. The van der Waals surface area contributed by atoms with Crippen molar-refractivity contribution in [1.29, 1.82) is 5.26 Å². The predicted molar refractivity (Wildman–Crippen MR) is 115 cm³/mol. The van der Waals surface area contributed by atoms with Crippen molar-refractivity contribution in [2.75, 3.05) is 7.11 Å². The molecule has 150 valence electrons. The van der Waals surface area contributed by atoms with Gasteiger partial charge in [-0.15, -0.1) is 0 Å². The monoisotopic (exact) mass is 417 g/mol. The van der Waals surface area contributed by atoms with Crippen molar-refractivity contribution in [2.24, 2.45) is 0 Å². The normalized spacial score (nSPS) is 11.3. The van der Waals surface area contributed by atoms with Gasteiger partial charge < -0.3 is 9.72 Å². The summed E-state index contributed by atoms with van der Waals surface area (Å²) < 4.78 is 33.2. The van der Waals surface area contributed by atoms with E-state index in [2.05, 4.69) is 15.8 Å². The average Bonchev–Trinajstić information content (AvgIpc) is 3.22. The smallest absolute Gasteiger partial charge is 0.256 e. The highest BCUT2D eigenvalue weighted by Gasteiger charge is 2.17. The number of sulfonamides is 1. The third-order valence-electron chi connectivity index (χ3n) is 4.86. The van der Waals surface area contributed by atoms with Gasteiger partial charge in [0, 0.05) is 17.4 Å². The highest BCUT2D eigenvalue weighted by Crippen LogP contribution is 2.24. The molecular formula is C23H19N3O3S. The number of methoxy groups -OCH3 is 1. The van der Waals surface area contributed by atoms with Crippen LogP contribution in [-0.2, 0) is 16.6 Å². The summed E-state index contributed by atoms with van der Waals surface area (Å²) in [7, 11) is -2.12. The molecule has 0 fully saturated rings. The highest BCUT2D eigenvalue weighted by molar-refractivity contribution is 7.89. The first-order valence-electron chi connectivity index (χ1n) is 9.24. The lowest BCUT2D eigenvalue weighted by Gasteiger charge is -2.07. The molecule has 6 nitrogen and oxygen atoms in total. The van der Waals surface area contributed by atoms with Crippen molar-refractivity contribution in [3.8, 4) is 22.9 Å². The Labute approximate surface area is 174 Å². The number of H-pyrrole nitrogens is 1. The van der Waals surface area contributed by atoms with Crippen molar-refractivity contribution in [3.05, 3.63) is 83.9 Å². The number of aromatic amines is 1. The van der Waals surface area contributed by atoms with Crippen LogP contribution in [0.4, 0.5) is 0 Å². The number of hydrogen-bond donors (Lipinski definition) is 2. The summed E-state index contributed by atoms with van der Waals surface area (Å²) in [6.45, 7) is 0.175. The van der Waals surface area contributed by atoms with E-state index in [1.165, 1.54) is 0 Å². The maximum atomic E-state index is 12.7. The first kappa shape index (κ1) is 19.7. The van der Waals surface area contributed by atoms with Crippen LogP contribution in [0.2, 0.25) is 0 Å². The fourth-order valence-electron chi connectivity index (χ4n) is 3.16. The molecule has 0 aliphatic carbocycles. The summed E-state index contributed by atoms with van der Waals surface area (Å²) >= 11 is 0. The summed E-state index contributed by atoms with van der Waals surface area (Å²) in [6.07, 6.45) is 0. The Balaban J connectivity index is 1.47. The second-order valence-corrected chi connectivity index (χ2v) is 8.53. The number of nitriles is 1. The summed E-state index contributed by atoms with van der Waals surface area (Å²) in [4.78, 5) is 2.93. The molecule has 30 heavy (non-hydrogen) atoms. The van der Waals surface area contributed by atoms with Crippen LogP contribution >= 0.6 is 0 Å². The number of nitrogens with zero attached hydrogens (tertiary/aromatic N) is 1. The van der Waals surface area contributed by atoms with Gasteiger partial charge in [-0.25, -0.2) is 13.1 Å². The van der Waals surface area contributed by atoms with Gasteiger partial charge in [-0.2, -0.15) is 5.26 Å². The molecule has 0 amide bonds. The number of rotatable bonds is 6. The Kier molecular flexibility index (Phi) is 5.27. The van der Waals surface area contributed by atoms with E-state index in [0.717, 1.165) is 27.6 Å². The summed E-state index contributed by atoms with van der Waals surface area (Å²) in [5, 5.41) is 9.77. The molecule has 0 aliphatic heterocycles. The minimum absolute atomic E-state index is 0.111. The van der Waals surface area contributed by atoms with E-state index in [4.69, 9.17) is 10.00 Å². The topological polar surface area (TPSA) is 95.0 Å². The zero-order valence-electron chi connectivity index (χ0n) is 16.2. The van der Waals surface area contributed by atoms with Crippen LogP contribution in [0, 0.1) is 11.3 Å². The van der Waals surface area contributed by atoms with E-state index < -0.39 is 10.0 Å². The van der Waals surface area contributed by atoms with Crippen molar-refractivity contribution in [2.45, 2.75) is 11.6 Å². The van der Waals surface area contributed by atoms with Crippen molar-refractivity contribution in [3.63, 3.8) is 0 Å². The second kappa shape index (κ2) is 8.03. The number of fused-ring (bicyclic) bond motifs is 1. The van der Waals surface area contributed by atoms with Gasteiger partial charge in [0.1, 0.15) is 10.8 Å². The maximum Gasteiger partial charge on any atom is 0.256 e. The lowest BCUT2D eigenvalue weighted by Crippen LogP contribution is -2.23. The molecule has 4 rings (SSSR count). The zero-order chi connectivity index (χ0) is 21.1. The van der Waals surface area contributed by atoms with Crippen LogP contribution in [0.15, 0.2) is 77.8 Å². The van der Waals surface area contributed by atoms with Crippen LogP contribution in [-0.4, -0.2) is 20.5 Å². The molecule has 1 aromatic heterocycles. The summed E-state index contributed by atoms with van der Waals surface area (Å²) in [5.74, 6) is 0.667. The Hall–Kier alpha value is -3.60. The van der Waals surface area contributed by atoms with Gasteiger partial charge in [-0.3, -0.25) is 0 Å². The molecule has 4 aromatic rings. The quantitative estimate of drug-likeness (QED) is 0.492. The molecule has 0 saturated heterocycles. The maximum absolute atomic E-state index is 12.7.